The second-order valence-electron chi connectivity index (χ2n) is 5.20. The van der Waals surface area contributed by atoms with Gasteiger partial charge in [-0.3, -0.25) is 4.79 Å². The van der Waals surface area contributed by atoms with Crippen molar-refractivity contribution in [3.05, 3.63) is 69.2 Å². The number of hydrogen-bond acceptors (Lipinski definition) is 1. The molecule has 3 heteroatoms. The molecule has 2 nitrogen and oxygen atoms in total. The normalized spacial score (nSPS) is 16.8. The molecule has 0 radical (unpaired) electrons. The van der Waals surface area contributed by atoms with E-state index in [9.17, 15) is 4.79 Å². The van der Waals surface area contributed by atoms with Crippen molar-refractivity contribution in [2.45, 2.75) is 25.8 Å². The van der Waals surface area contributed by atoms with E-state index < -0.39 is 0 Å². The summed E-state index contributed by atoms with van der Waals surface area (Å²) in [6, 6.07) is 14.2. The maximum absolute atomic E-state index is 12.4. The molecule has 0 bridgehead atoms. The Kier molecular flexibility index (Phi) is 3.62. The van der Waals surface area contributed by atoms with Gasteiger partial charge in [0.05, 0.1) is 11.6 Å². The van der Waals surface area contributed by atoms with Crippen molar-refractivity contribution in [3.63, 3.8) is 0 Å². The van der Waals surface area contributed by atoms with Gasteiger partial charge in [-0.15, -0.1) is 0 Å². The van der Waals surface area contributed by atoms with Crippen LogP contribution in [0.1, 0.15) is 39.5 Å². The molecule has 0 heterocycles. The maximum Gasteiger partial charge on any atom is 0.252 e. The Labute approximate surface area is 127 Å². The fourth-order valence-electron chi connectivity index (χ4n) is 2.77. The van der Waals surface area contributed by atoms with Gasteiger partial charge in [-0.2, -0.15) is 0 Å². The minimum absolute atomic E-state index is 0.0118. The van der Waals surface area contributed by atoms with Gasteiger partial charge in [0, 0.05) is 4.47 Å². The number of carbonyl (C=O) groups excluding carboxylic acids is 1. The highest BCUT2D eigenvalue weighted by Crippen LogP contribution is 2.31. The molecule has 1 aliphatic carbocycles. The summed E-state index contributed by atoms with van der Waals surface area (Å²) >= 11 is 3.50. The van der Waals surface area contributed by atoms with E-state index in [1.807, 2.05) is 31.2 Å². The molecule has 0 saturated heterocycles. The minimum Gasteiger partial charge on any atom is -0.345 e. The number of benzene rings is 2. The SMILES string of the molecule is Cc1cccc(C(=O)NC2CCc3ccccc32)c1Br. The number of nitrogens with one attached hydrogen (secondary N) is 1. The van der Waals surface area contributed by atoms with E-state index in [-0.39, 0.29) is 11.9 Å². The first-order chi connectivity index (χ1) is 9.66. The summed E-state index contributed by atoms with van der Waals surface area (Å²) < 4.78 is 0.879. The van der Waals surface area contributed by atoms with Crippen molar-refractivity contribution in [1.29, 1.82) is 0 Å². The van der Waals surface area contributed by atoms with E-state index in [0.717, 1.165) is 22.9 Å². The average Bonchev–Trinajstić information content (AvgIpc) is 2.85. The summed E-state index contributed by atoms with van der Waals surface area (Å²) in [4.78, 5) is 12.4. The lowest BCUT2D eigenvalue weighted by atomic mass is 10.1. The monoisotopic (exact) mass is 329 g/mol. The van der Waals surface area contributed by atoms with Gasteiger partial charge in [0.1, 0.15) is 0 Å². The van der Waals surface area contributed by atoms with E-state index in [1.54, 1.807) is 0 Å². The van der Waals surface area contributed by atoms with Crippen molar-refractivity contribution >= 4 is 21.8 Å². The van der Waals surface area contributed by atoms with Crippen LogP contribution in [0, 0.1) is 6.92 Å². The molecule has 0 aliphatic heterocycles. The number of amides is 1. The second kappa shape index (κ2) is 5.41. The van der Waals surface area contributed by atoms with E-state index in [1.165, 1.54) is 11.1 Å². The highest BCUT2D eigenvalue weighted by molar-refractivity contribution is 9.10. The first-order valence-corrected chi connectivity index (χ1v) is 7.60. The fourth-order valence-corrected chi connectivity index (χ4v) is 3.21. The van der Waals surface area contributed by atoms with Crippen LogP contribution in [-0.4, -0.2) is 5.91 Å². The summed E-state index contributed by atoms with van der Waals surface area (Å²) in [7, 11) is 0. The van der Waals surface area contributed by atoms with Crippen LogP contribution >= 0.6 is 15.9 Å². The summed E-state index contributed by atoms with van der Waals surface area (Å²) in [6.07, 6.45) is 2.02. The lowest BCUT2D eigenvalue weighted by Crippen LogP contribution is -2.27. The minimum atomic E-state index is -0.0118. The second-order valence-corrected chi connectivity index (χ2v) is 5.99. The third kappa shape index (κ3) is 2.38. The lowest BCUT2D eigenvalue weighted by molar-refractivity contribution is 0.0936. The van der Waals surface area contributed by atoms with Crippen LogP contribution in [0.3, 0.4) is 0 Å². The van der Waals surface area contributed by atoms with Gasteiger partial charge in [0.15, 0.2) is 0 Å². The van der Waals surface area contributed by atoms with Crippen molar-refractivity contribution in [2.75, 3.05) is 0 Å². The highest BCUT2D eigenvalue weighted by Gasteiger charge is 2.24. The molecular formula is C17H16BrNO. The molecule has 1 amide bonds. The number of hydrogen-bond donors (Lipinski definition) is 1. The molecule has 102 valence electrons. The molecule has 1 unspecified atom stereocenters. The van der Waals surface area contributed by atoms with E-state index in [4.69, 9.17) is 0 Å². The largest absolute Gasteiger partial charge is 0.345 e. The Balaban J connectivity index is 1.83. The van der Waals surface area contributed by atoms with E-state index in [0.29, 0.717) is 5.56 Å². The number of halogens is 1. The predicted octanol–water partition coefficient (Wildman–Crippen LogP) is 4.17. The zero-order valence-corrected chi connectivity index (χ0v) is 12.9. The first-order valence-electron chi connectivity index (χ1n) is 6.80. The smallest absolute Gasteiger partial charge is 0.252 e. The average molecular weight is 330 g/mol. The Hall–Kier alpha value is -1.61. The fraction of sp³-hybridized carbons (Fsp3) is 0.235. The topological polar surface area (TPSA) is 29.1 Å². The van der Waals surface area contributed by atoms with Crippen LogP contribution in [0.5, 0.6) is 0 Å². The lowest BCUT2D eigenvalue weighted by Gasteiger charge is -2.15. The van der Waals surface area contributed by atoms with Gasteiger partial charge in [-0.1, -0.05) is 36.4 Å². The Morgan fingerprint density at radius 2 is 2.00 bits per heavy atom. The molecule has 20 heavy (non-hydrogen) atoms. The maximum atomic E-state index is 12.4. The van der Waals surface area contributed by atoms with Crippen molar-refractivity contribution < 1.29 is 4.79 Å². The van der Waals surface area contributed by atoms with Crippen LogP contribution in [0.4, 0.5) is 0 Å². The van der Waals surface area contributed by atoms with E-state index in [2.05, 4.69) is 39.4 Å². The van der Waals surface area contributed by atoms with Crippen LogP contribution in [0.2, 0.25) is 0 Å². The predicted molar refractivity (Wildman–Crippen MR) is 83.8 cm³/mol. The van der Waals surface area contributed by atoms with Crippen LogP contribution in [-0.2, 0) is 6.42 Å². The Bertz CT molecular complexity index is 666. The van der Waals surface area contributed by atoms with Crippen molar-refractivity contribution in [2.24, 2.45) is 0 Å². The van der Waals surface area contributed by atoms with Crippen molar-refractivity contribution in [3.8, 4) is 0 Å². The van der Waals surface area contributed by atoms with Gasteiger partial charge in [-0.25, -0.2) is 0 Å². The number of carbonyl (C=O) groups is 1. The number of aryl methyl sites for hydroxylation is 2. The molecule has 2 aromatic carbocycles. The van der Waals surface area contributed by atoms with Crippen molar-refractivity contribution in [1.82, 2.24) is 5.32 Å². The Morgan fingerprint density at radius 1 is 1.20 bits per heavy atom. The molecule has 0 saturated carbocycles. The molecule has 1 atom stereocenters. The summed E-state index contributed by atoms with van der Waals surface area (Å²) in [5.74, 6) is -0.0118. The Morgan fingerprint density at radius 3 is 2.85 bits per heavy atom. The van der Waals surface area contributed by atoms with Gasteiger partial charge < -0.3 is 5.32 Å². The van der Waals surface area contributed by atoms with Gasteiger partial charge >= 0.3 is 0 Å². The summed E-state index contributed by atoms with van der Waals surface area (Å²) in [5.41, 5.74) is 4.38. The van der Waals surface area contributed by atoms with Gasteiger partial charge in [-0.05, 0) is 58.5 Å². The standard InChI is InChI=1S/C17H16BrNO/c1-11-5-4-8-14(16(11)18)17(20)19-15-10-9-12-6-2-3-7-13(12)15/h2-8,15H,9-10H2,1H3,(H,19,20). The number of fused-ring (bicyclic) bond motifs is 1. The zero-order valence-electron chi connectivity index (χ0n) is 11.3. The third-order valence-electron chi connectivity index (χ3n) is 3.87. The van der Waals surface area contributed by atoms with Crippen LogP contribution < -0.4 is 5.32 Å². The molecule has 2 aromatic rings. The van der Waals surface area contributed by atoms with Crippen LogP contribution in [0.25, 0.3) is 0 Å². The van der Waals surface area contributed by atoms with Gasteiger partial charge in [0.25, 0.3) is 5.91 Å². The quantitative estimate of drug-likeness (QED) is 0.880. The summed E-state index contributed by atoms with van der Waals surface area (Å²) in [5, 5.41) is 3.15. The molecule has 1 N–H and O–H groups in total. The van der Waals surface area contributed by atoms with Gasteiger partial charge in [0.2, 0.25) is 0 Å². The van der Waals surface area contributed by atoms with Crippen LogP contribution in [0.15, 0.2) is 46.9 Å². The number of rotatable bonds is 2. The molecule has 3 rings (SSSR count). The molecule has 0 spiro atoms. The third-order valence-corrected chi connectivity index (χ3v) is 4.93. The molecular weight excluding hydrogens is 314 g/mol. The van der Waals surface area contributed by atoms with E-state index >= 15 is 0 Å². The highest BCUT2D eigenvalue weighted by atomic mass is 79.9. The first kappa shape index (κ1) is 13.4. The molecule has 0 aromatic heterocycles. The zero-order chi connectivity index (χ0) is 14.1. The molecule has 1 aliphatic rings. The molecule has 0 fully saturated rings. The summed E-state index contributed by atoms with van der Waals surface area (Å²) in [6.45, 7) is 1.99.